The molecule has 0 aromatic carbocycles. The topological polar surface area (TPSA) is 45.4 Å². The third-order valence-corrected chi connectivity index (χ3v) is 2.09. The van der Waals surface area contributed by atoms with E-state index in [1.807, 2.05) is 0 Å². The Balaban J connectivity index is 2.51. The minimum Gasteiger partial charge on any atom is -0.468 e. The number of hydrogen-bond donors (Lipinski definition) is 2. The fourth-order valence-corrected chi connectivity index (χ4v) is 1.46. The second-order valence-electron chi connectivity index (χ2n) is 3.64. The molecule has 0 spiro atoms. The van der Waals surface area contributed by atoms with Crippen LogP contribution in [0.2, 0.25) is 0 Å². The van der Waals surface area contributed by atoms with E-state index in [4.69, 9.17) is 9.52 Å². The Morgan fingerprint density at radius 2 is 2.19 bits per heavy atom. The molecule has 1 aromatic heterocycles. The molecule has 92 valence electrons. The van der Waals surface area contributed by atoms with E-state index in [0.29, 0.717) is 5.76 Å². The normalized spacial score (nSPS) is 16.1. The first-order chi connectivity index (χ1) is 7.42. The fraction of sp³-hybridized carbons (Fsp3) is 0.600. The zero-order valence-corrected chi connectivity index (χ0v) is 8.79. The Bertz CT molecular complexity index is 298. The van der Waals surface area contributed by atoms with Crippen LogP contribution in [0.25, 0.3) is 0 Å². The lowest BCUT2D eigenvalue weighted by Crippen LogP contribution is -2.35. The highest BCUT2D eigenvalue weighted by Gasteiger charge is 2.31. The second kappa shape index (κ2) is 5.36. The second-order valence-corrected chi connectivity index (χ2v) is 3.64. The molecule has 0 amide bonds. The first kappa shape index (κ1) is 13.1. The van der Waals surface area contributed by atoms with Crippen LogP contribution in [0.1, 0.15) is 25.1 Å². The van der Waals surface area contributed by atoms with Gasteiger partial charge in [0.25, 0.3) is 0 Å². The zero-order chi connectivity index (χ0) is 12.2. The lowest BCUT2D eigenvalue weighted by molar-refractivity contribution is -0.139. The van der Waals surface area contributed by atoms with E-state index in [2.05, 4.69) is 5.32 Å². The van der Waals surface area contributed by atoms with Crippen LogP contribution in [0.3, 0.4) is 0 Å². The maximum atomic E-state index is 12.1. The molecule has 0 aliphatic rings. The van der Waals surface area contributed by atoms with Crippen molar-refractivity contribution in [2.75, 3.05) is 6.61 Å². The third-order valence-electron chi connectivity index (χ3n) is 2.09. The van der Waals surface area contributed by atoms with Crippen molar-refractivity contribution in [1.82, 2.24) is 5.32 Å². The van der Waals surface area contributed by atoms with Gasteiger partial charge in [-0.2, -0.15) is 13.2 Å². The van der Waals surface area contributed by atoms with Crippen LogP contribution in [-0.2, 0) is 0 Å². The largest absolute Gasteiger partial charge is 0.468 e. The quantitative estimate of drug-likeness (QED) is 0.825. The molecule has 2 unspecified atom stereocenters. The number of aliphatic hydroxyl groups excluding tert-OH is 1. The number of aliphatic hydroxyl groups is 1. The summed E-state index contributed by atoms with van der Waals surface area (Å²) in [5.41, 5.74) is 0. The average Bonchev–Trinajstić information content (AvgIpc) is 2.63. The number of halogens is 3. The Kier molecular flexibility index (Phi) is 4.37. The molecule has 1 heterocycles. The Hall–Kier alpha value is -1.01. The highest BCUT2D eigenvalue weighted by molar-refractivity contribution is 5.04. The Labute approximate surface area is 91.3 Å². The molecule has 0 bridgehead atoms. The summed E-state index contributed by atoms with van der Waals surface area (Å²) >= 11 is 0. The number of furan rings is 1. The lowest BCUT2D eigenvalue weighted by Gasteiger charge is -2.21. The molecule has 6 heteroatoms. The molecule has 1 aromatic rings. The van der Waals surface area contributed by atoms with Crippen molar-refractivity contribution in [3.05, 3.63) is 24.2 Å². The smallest absolute Gasteiger partial charge is 0.390 e. The van der Waals surface area contributed by atoms with Gasteiger partial charge in [0.1, 0.15) is 5.76 Å². The molecule has 0 aliphatic heterocycles. The fourth-order valence-electron chi connectivity index (χ4n) is 1.46. The number of hydrogen-bond acceptors (Lipinski definition) is 3. The van der Waals surface area contributed by atoms with Crippen LogP contribution in [0.5, 0.6) is 0 Å². The van der Waals surface area contributed by atoms with Crippen LogP contribution in [0.4, 0.5) is 13.2 Å². The Morgan fingerprint density at radius 1 is 1.50 bits per heavy atom. The summed E-state index contributed by atoms with van der Waals surface area (Å²) in [5, 5.41) is 11.7. The number of nitrogens with one attached hydrogen (secondary N) is 1. The van der Waals surface area contributed by atoms with Crippen LogP contribution in [-0.4, -0.2) is 23.9 Å². The van der Waals surface area contributed by atoms with Crippen LogP contribution in [0, 0.1) is 0 Å². The molecule has 3 nitrogen and oxygen atoms in total. The summed E-state index contributed by atoms with van der Waals surface area (Å²) in [6.45, 7) is 1.11. The SMILES string of the molecule is CC(CC(F)(F)F)NC(CO)c1ccco1. The van der Waals surface area contributed by atoms with Gasteiger partial charge in [0, 0.05) is 6.04 Å². The average molecular weight is 237 g/mol. The molecule has 0 radical (unpaired) electrons. The minimum absolute atomic E-state index is 0.310. The summed E-state index contributed by atoms with van der Waals surface area (Å²) in [7, 11) is 0. The molecule has 0 fully saturated rings. The van der Waals surface area contributed by atoms with Gasteiger partial charge in [0.2, 0.25) is 0 Å². The summed E-state index contributed by atoms with van der Waals surface area (Å²) in [5.74, 6) is 0.427. The molecule has 2 atom stereocenters. The highest BCUT2D eigenvalue weighted by atomic mass is 19.4. The summed E-state index contributed by atoms with van der Waals surface area (Å²) in [6, 6.07) is 1.84. The van der Waals surface area contributed by atoms with E-state index < -0.39 is 24.7 Å². The van der Waals surface area contributed by atoms with E-state index in [0.717, 1.165) is 0 Å². The third kappa shape index (κ3) is 4.24. The molecule has 2 N–H and O–H groups in total. The zero-order valence-electron chi connectivity index (χ0n) is 8.79. The van der Waals surface area contributed by atoms with E-state index in [1.54, 1.807) is 12.1 Å². The van der Waals surface area contributed by atoms with E-state index in [1.165, 1.54) is 13.2 Å². The summed E-state index contributed by atoms with van der Waals surface area (Å²) in [6.07, 6.45) is -3.74. The molecule has 16 heavy (non-hydrogen) atoms. The van der Waals surface area contributed by atoms with Gasteiger partial charge in [-0.1, -0.05) is 0 Å². The van der Waals surface area contributed by atoms with E-state index in [-0.39, 0.29) is 6.61 Å². The molecular weight excluding hydrogens is 223 g/mol. The maximum Gasteiger partial charge on any atom is 0.390 e. The summed E-state index contributed by atoms with van der Waals surface area (Å²) in [4.78, 5) is 0. The summed E-state index contributed by atoms with van der Waals surface area (Å²) < 4.78 is 41.2. The van der Waals surface area contributed by atoms with Gasteiger partial charge in [-0.25, -0.2) is 0 Å². The predicted molar refractivity (Wildman–Crippen MR) is 51.8 cm³/mol. The lowest BCUT2D eigenvalue weighted by atomic mass is 10.1. The van der Waals surface area contributed by atoms with Crippen LogP contribution < -0.4 is 5.32 Å². The van der Waals surface area contributed by atoms with Crippen molar-refractivity contribution in [3.8, 4) is 0 Å². The molecule has 0 saturated heterocycles. The van der Waals surface area contributed by atoms with Crippen LogP contribution >= 0.6 is 0 Å². The van der Waals surface area contributed by atoms with Crippen molar-refractivity contribution >= 4 is 0 Å². The van der Waals surface area contributed by atoms with Crippen molar-refractivity contribution in [2.45, 2.75) is 31.6 Å². The van der Waals surface area contributed by atoms with E-state index in [9.17, 15) is 13.2 Å². The first-order valence-electron chi connectivity index (χ1n) is 4.89. The van der Waals surface area contributed by atoms with Crippen molar-refractivity contribution in [3.63, 3.8) is 0 Å². The number of rotatable bonds is 5. The minimum atomic E-state index is -4.21. The first-order valence-corrected chi connectivity index (χ1v) is 4.89. The number of alkyl halides is 3. The molecule has 1 rings (SSSR count). The highest BCUT2D eigenvalue weighted by Crippen LogP contribution is 2.23. The van der Waals surface area contributed by atoms with Crippen molar-refractivity contribution < 1.29 is 22.7 Å². The van der Waals surface area contributed by atoms with Crippen LogP contribution in [0.15, 0.2) is 22.8 Å². The predicted octanol–water partition coefficient (Wildman–Crippen LogP) is 2.24. The van der Waals surface area contributed by atoms with Gasteiger partial charge in [-0.05, 0) is 19.1 Å². The Morgan fingerprint density at radius 3 is 2.62 bits per heavy atom. The van der Waals surface area contributed by atoms with Gasteiger partial charge >= 0.3 is 6.18 Å². The molecule has 0 aliphatic carbocycles. The van der Waals surface area contributed by atoms with Gasteiger partial charge in [-0.15, -0.1) is 0 Å². The maximum absolute atomic E-state index is 12.1. The van der Waals surface area contributed by atoms with Crippen molar-refractivity contribution in [1.29, 1.82) is 0 Å². The van der Waals surface area contributed by atoms with Gasteiger partial charge in [0.15, 0.2) is 0 Å². The van der Waals surface area contributed by atoms with Gasteiger partial charge in [-0.3, -0.25) is 0 Å². The van der Waals surface area contributed by atoms with Crippen molar-refractivity contribution in [2.24, 2.45) is 0 Å². The van der Waals surface area contributed by atoms with Gasteiger partial charge < -0.3 is 14.8 Å². The van der Waals surface area contributed by atoms with Gasteiger partial charge in [0.05, 0.1) is 25.3 Å². The van der Waals surface area contributed by atoms with E-state index >= 15 is 0 Å². The monoisotopic (exact) mass is 237 g/mol. The molecule has 0 saturated carbocycles. The molecular formula is C10H14F3NO2. The standard InChI is InChI=1S/C10H14F3NO2/c1-7(5-10(11,12)13)14-8(6-15)9-3-2-4-16-9/h2-4,7-8,14-15H,5-6H2,1H3.